The number of hydrogen-bond donors (Lipinski definition) is 0. The fourth-order valence-electron chi connectivity index (χ4n) is 2.81. The number of alkyl halides is 3. The number of pyridine rings is 1. The van der Waals surface area contributed by atoms with Crippen LogP contribution in [0.15, 0.2) is 66.9 Å². The highest BCUT2D eigenvalue weighted by atomic mass is 19.4. The smallest absolute Gasteiger partial charge is 0.258 e. The lowest BCUT2D eigenvalue weighted by Crippen LogP contribution is -2.11. The molecule has 0 spiro atoms. The molecule has 0 amide bonds. The summed E-state index contributed by atoms with van der Waals surface area (Å²) in [6.07, 6.45) is -3.36. The number of nitrogens with zero attached hydrogens (tertiary/aromatic N) is 1. The summed E-state index contributed by atoms with van der Waals surface area (Å²) < 4.78 is 66.2. The van der Waals surface area contributed by atoms with Crippen LogP contribution in [0.4, 0.5) is 22.0 Å². The molecule has 0 N–H and O–H groups in total. The summed E-state index contributed by atoms with van der Waals surface area (Å²) in [5.41, 5.74) is 0.295. The fraction of sp³-hybridized carbons (Fsp3) is 0.150. The summed E-state index contributed by atoms with van der Waals surface area (Å²) in [4.78, 5) is 3.99. The van der Waals surface area contributed by atoms with Gasteiger partial charge >= 0.3 is 6.18 Å². The highest BCUT2D eigenvalue weighted by molar-refractivity contribution is 5.36. The van der Waals surface area contributed by atoms with Gasteiger partial charge in [-0.1, -0.05) is 30.3 Å². The first kappa shape index (κ1) is 18.0. The Morgan fingerprint density at radius 2 is 1.58 bits per heavy atom. The number of hydrogen-bond acceptors (Lipinski definition) is 1. The lowest BCUT2D eigenvalue weighted by molar-refractivity contribution is -0.137. The van der Waals surface area contributed by atoms with Crippen LogP contribution in [0.5, 0.6) is 0 Å². The van der Waals surface area contributed by atoms with Crippen LogP contribution in [0.3, 0.4) is 0 Å². The largest absolute Gasteiger partial charge is 0.416 e. The third-order valence-corrected chi connectivity index (χ3v) is 4.04. The summed E-state index contributed by atoms with van der Waals surface area (Å²) in [5, 5.41) is 0. The molecule has 26 heavy (non-hydrogen) atoms. The van der Waals surface area contributed by atoms with Gasteiger partial charge in [0.05, 0.1) is 11.8 Å². The molecule has 0 fully saturated rings. The molecular weight excluding hydrogens is 349 g/mol. The van der Waals surface area contributed by atoms with Crippen LogP contribution in [-0.4, -0.2) is 4.98 Å². The van der Waals surface area contributed by atoms with Crippen molar-refractivity contribution >= 4 is 0 Å². The average Bonchev–Trinajstić information content (AvgIpc) is 2.60. The summed E-state index contributed by atoms with van der Waals surface area (Å²) in [7, 11) is 0. The first-order chi connectivity index (χ1) is 12.3. The van der Waals surface area contributed by atoms with Gasteiger partial charge < -0.3 is 0 Å². The number of benzene rings is 2. The molecule has 1 atom stereocenters. The Morgan fingerprint density at radius 1 is 0.846 bits per heavy atom. The van der Waals surface area contributed by atoms with E-state index in [0.717, 1.165) is 23.9 Å². The lowest BCUT2D eigenvalue weighted by atomic mass is 9.88. The summed E-state index contributed by atoms with van der Waals surface area (Å²) in [6, 6.07) is 14.1. The van der Waals surface area contributed by atoms with E-state index in [1.807, 2.05) is 18.2 Å². The van der Waals surface area contributed by atoms with E-state index in [2.05, 4.69) is 4.98 Å². The molecule has 0 aliphatic heterocycles. The Bertz CT molecular complexity index is 873. The second-order valence-corrected chi connectivity index (χ2v) is 5.91. The van der Waals surface area contributed by atoms with Gasteiger partial charge in [-0.25, -0.2) is 8.78 Å². The maximum absolute atomic E-state index is 13.9. The predicted molar refractivity (Wildman–Crippen MR) is 87.6 cm³/mol. The predicted octanol–water partition coefficient (Wildman–Crippen LogP) is 5.75. The van der Waals surface area contributed by atoms with E-state index in [-0.39, 0.29) is 5.56 Å². The van der Waals surface area contributed by atoms with Crippen LogP contribution < -0.4 is 0 Å². The van der Waals surface area contributed by atoms with Crippen LogP contribution in [0.25, 0.3) is 0 Å². The van der Waals surface area contributed by atoms with Gasteiger partial charge in [0.2, 0.25) is 0 Å². The Labute approximate surface area is 147 Å². The SMILES string of the molecule is Fc1ccc([C@@H](Cc2ccccc2)c2cc(F)cc(C(F)(F)F)c2)nc1. The van der Waals surface area contributed by atoms with E-state index >= 15 is 0 Å². The number of aromatic nitrogens is 1. The second kappa shape index (κ2) is 7.23. The Morgan fingerprint density at radius 3 is 2.19 bits per heavy atom. The average molecular weight is 363 g/mol. The van der Waals surface area contributed by atoms with Gasteiger partial charge in [-0.2, -0.15) is 13.2 Å². The quantitative estimate of drug-likeness (QED) is 0.538. The third kappa shape index (κ3) is 4.25. The van der Waals surface area contributed by atoms with Crippen molar-refractivity contribution in [1.29, 1.82) is 0 Å². The normalized spacial score (nSPS) is 12.8. The minimum Gasteiger partial charge on any atom is -0.258 e. The maximum atomic E-state index is 13.9. The van der Waals surface area contributed by atoms with Crippen molar-refractivity contribution in [3.8, 4) is 0 Å². The van der Waals surface area contributed by atoms with Gasteiger partial charge in [0.1, 0.15) is 11.6 Å². The Hall–Kier alpha value is -2.76. The minimum absolute atomic E-state index is 0.139. The van der Waals surface area contributed by atoms with Gasteiger partial charge in [-0.15, -0.1) is 0 Å². The highest BCUT2D eigenvalue weighted by Crippen LogP contribution is 2.34. The lowest BCUT2D eigenvalue weighted by Gasteiger charge is -2.19. The van der Waals surface area contributed by atoms with E-state index < -0.39 is 29.3 Å². The summed E-state index contributed by atoms with van der Waals surface area (Å²) in [5.74, 6) is -2.17. The van der Waals surface area contributed by atoms with Crippen molar-refractivity contribution in [3.05, 3.63) is 101 Å². The van der Waals surface area contributed by atoms with Crippen molar-refractivity contribution in [2.45, 2.75) is 18.5 Å². The molecule has 0 aliphatic carbocycles. The van der Waals surface area contributed by atoms with Crippen molar-refractivity contribution < 1.29 is 22.0 Å². The van der Waals surface area contributed by atoms with E-state index in [1.54, 1.807) is 12.1 Å². The van der Waals surface area contributed by atoms with Crippen LogP contribution in [0.1, 0.15) is 28.3 Å². The minimum atomic E-state index is -4.66. The summed E-state index contributed by atoms with van der Waals surface area (Å²) in [6.45, 7) is 0. The van der Waals surface area contributed by atoms with Gasteiger partial charge in [0, 0.05) is 11.6 Å². The van der Waals surface area contributed by atoms with Crippen molar-refractivity contribution in [1.82, 2.24) is 4.98 Å². The van der Waals surface area contributed by atoms with Gasteiger partial charge in [0.15, 0.2) is 0 Å². The topological polar surface area (TPSA) is 12.9 Å². The Balaban J connectivity index is 2.08. The summed E-state index contributed by atoms with van der Waals surface area (Å²) >= 11 is 0. The monoisotopic (exact) mass is 363 g/mol. The zero-order valence-electron chi connectivity index (χ0n) is 13.5. The molecule has 0 radical (unpaired) electrons. The molecule has 1 aromatic heterocycles. The molecule has 1 nitrogen and oxygen atoms in total. The maximum Gasteiger partial charge on any atom is 0.416 e. The van der Waals surface area contributed by atoms with E-state index in [1.165, 1.54) is 12.1 Å². The third-order valence-electron chi connectivity index (χ3n) is 4.04. The zero-order chi connectivity index (χ0) is 18.7. The molecule has 0 saturated carbocycles. The standard InChI is InChI=1S/C20H14F5N/c21-16-6-7-19(26-12-16)18(8-13-4-2-1-3-5-13)14-9-15(20(23,24)25)11-17(22)10-14/h1-7,9-12,18H,8H2/t18-/m0/s1. The molecule has 0 unspecified atom stereocenters. The van der Waals surface area contributed by atoms with Crippen LogP contribution in [-0.2, 0) is 12.6 Å². The molecule has 3 aromatic rings. The number of halogens is 5. The molecular formula is C20H14F5N. The fourth-order valence-corrected chi connectivity index (χ4v) is 2.81. The molecule has 2 aromatic carbocycles. The zero-order valence-corrected chi connectivity index (χ0v) is 13.5. The molecule has 0 aliphatic rings. The van der Waals surface area contributed by atoms with Crippen molar-refractivity contribution in [3.63, 3.8) is 0 Å². The number of rotatable bonds is 4. The molecule has 3 rings (SSSR count). The van der Waals surface area contributed by atoms with E-state index in [9.17, 15) is 22.0 Å². The molecule has 0 saturated heterocycles. The van der Waals surface area contributed by atoms with Crippen LogP contribution >= 0.6 is 0 Å². The highest BCUT2D eigenvalue weighted by Gasteiger charge is 2.32. The first-order valence-electron chi connectivity index (χ1n) is 7.86. The van der Waals surface area contributed by atoms with Gasteiger partial charge in [0.25, 0.3) is 0 Å². The molecule has 6 heteroatoms. The van der Waals surface area contributed by atoms with Gasteiger partial charge in [-0.3, -0.25) is 4.98 Å². The molecule has 134 valence electrons. The van der Waals surface area contributed by atoms with E-state index in [4.69, 9.17) is 0 Å². The van der Waals surface area contributed by atoms with Crippen molar-refractivity contribution in [2.24, 2.45) is 0 Å². The van der Waals surface area contributed by atoms with Gasteiger partial charge in [-0.05, 0) is 47.9 Å². The van der Waals surface area contributed by atoms with E-state index in [0.29, 0.717) is 18.2 Å². The molecule has 0 bridgehead atoms. The molecule has 1 heterocycles. The second-order valence-electron chi connectivity index (χ2n) is 5.91. The van der Waals surface area contributed by atoms with Crippen molar-refractivity contribution in [2.75, 3.05) is 0 Å². The van der Waals surface area contributed by atoms with Crippen LogP contribution in [0.2, 0.25) is 0 Å². The van der Waals surface area contributed by atoms with Crippen LogP contribution in [0, 0.1) is 11.6 Å². The first-order valence-corrected chi connectivity index (χ1v) is 7.86. The Kier molecular flexibility index (Phi) is 5.02.